The van der Waals surface area contributed by atoms with E-state index in [0.29, 0.717) is 29.7 Å². The number of thioether (sulfide) groups is 2. The first kappa shape index (κ1) is 26.8. The molecule has 8 nitrogen and oxygen atoms in total. The molecule has 0 aromatic heterocycles. The van der Waals surface area contributed by atoms with Gasteiger partial charge in [0.1, 0.15) is 11.1 Å². The molecule has 2 bridgehead atoms. The van der Waals surface area contributed by atoms with Crippen LogP contribution in [-0.2, 0) is 14.3 Å². The number of esters is 1. The molecule has 2 heterocycles. The van der Waals surface area contributed by atoms with E-state index in [1.807, 2.05) is 6.07 Å². The van der Waals surface area contributed by atoms with Crippen LogP contribution in [-0.4, -0.2) is 75.0 Å². The number of hydrogen-bond donors (Lipinski definition) is 3. The fourth-order valence-electron chi connectivity index (χ4n) is 5.96. The largest absolute Gasteiger partial charge is 0.469 e. The maximum Gasteiger partial charge on any atom is 0.305 e. The summed E-state index contributed by atoms with van der Waals surface area (Å²) in [7, 11) is 1.34. The van der Waals surface area contributed by atoms with Gasteiger partial charge in [-0.05, 0) is 43.0 Å². The van der Waals surface area contributed by atoms with Gasteiger partial charge in [0.15, 0.2) is 5.78 Å². The lowest BCUT2D eigenvalue weighted by Gasteiger charge is -2.52. The molecular weight excluding hydrogens is 524 g/mol. The van der Waals surface area contributed by atoms with Crippen molar-refractivity contribution in [3.8, 4) is 0 Å². The number of benzene rings is 2. The van der Waals surface area contributed by atoms with Gasteiger partial charge in [-0.25, -0.2) is 0 Å². The molecule has 38 heavy (non-hydrogen) atoms. The topological polar surface area (TPSA) is 122 Å². The smallest absolute Gasteiger partial charge is 0.305 e. The summed E-state index contributed by atoms with van der Waals surface area (Å²) >= 11 is 2.95. The Hall–Kier alpha value is -2.82. The van der Waals surface area contributed by atoms with Crippen molar-refractivity contribution < 1.29 is 29.0 Å². The van der Waals surface area contributed by atoms with Crippen LogP contribution in [0.2, 0.25) is 0 Å². The van der Waals surface area contributed by atoms with Crippen molar-refractivity contribution in [2.75, 3.05) is 18.6 Å². The number of aliphatic hydroxyl groups is 1. The van der Waals surface area contributed by atoms with E-state index in [1.54, 1.807) is 54.6 Å². The standard InChI is InChI=1S/C28H30N2O6S2/c1-36-21(31)14-8-13-19-22-23(32)27(16-38-22,30-26(34)18-11-6-3-7-12-18)28(35)20(15-37-24(19)28)29-25(33)17-9-4-2-5-10-17/h2-7,9-12,19-20,22,24,35H,8,13-16H2,1H3,(H,29,33)(H,30,34)/t19-,20+,22-,24-,27-,28+/m1/s1. The minimum atomic E-state index is -1.72. The van der Waals surface area contributed by atoms with Crippen molar-refractivity contribution in [3.63, 3.8) is 0 Å². The molecule has 1 aliphatic carbocycles. The number of nitrogens with one attached hydrogen (secondary N) is 2. The number of carbonyl (C=O) groups is 4. The lowest BCUT2D eigenvalue weighted by atomic mass is 9.61. The minimum Gasteiger partial charge on any atom is -0.469 e. The summed E-state index contributed by atoms with van der Waals surface area (Å²) in [6.45, 7) is 0. The fraction of sp³-hybridized carbons (Fsp3) is 0.429. The van der Waals surface area contributed by atoms with E-state index in [-0.39, 0.29) is 35.8 Å². The first-order valence-electron chi connectivity index (χ1n) is 12.6. The first-order chi connectivity index (χ1) is 18.3. The second-order valence-electron chi connectivity index (χ2n) is 9.92. The Morgan fingerprint density at radius 1 is 1.00 bits per heavy atom. The van der Waals surface area contributed by atoms with Gasteiger partial charge < -0.3 is 20.5 Å². The van der Waals surface area contributed by atoms with E-state index >= 15 is 0 Å². The number of hydrogen-bond acceptors (Lipinski definition) is 8. The Morgan fingerprint density at radius 3 is 2.26 bits per heavy atom. The van der Waals surface area contributed by atoms with Gasteiger partial charge in [-0.2, -0.15) is 11.8 Å². The molecule has 0 radical (unpaired) electrons. The molecule has 10 heteroatoms. The average molecular weight is 555 g/mol. The molecule has 3 aliphatic rings. The average Bonchev–Trinajstić information content (AvgIpc) is 3.42. The SMILES string of the molecule is COC(=O)CCC[C@H]1[C@H]2SC[C@H](NC(=O)c3ccccc3)[C@@]2(O)[C@@]2(NC(=O)c3ccccc3)CS[C@H]1C2=O. The molecule has 5 rings (SSSR count). The normalized spacial score (nSPS) is 31.4. The van der Waals surface area contributed by atoms with Crippen LogP contribution >= 0.6 is 23.5 Å². The number of rotatable bonds is 8. The van der Waals surface area contributed by atoms with Crippen LogP contribution in [0.25, 0.3) is 0 Å². The molecule has 2 aliphatic heterocycles. The quantitative estimate of drug-likeness (QED) is 0.426. The molecule has 3 fully saturated rings. The maximum absolute atomic E-state index is 14.1. The van der Waals surface area contributed by atoms with Crippen LogP contribution in [0.3, 0.4) is 0 Å². The fourth-order valence-corrected chi connectivity index (χ4v) is 9.72. The Morgan fingerprint density at radius 2 is 1.63 bits per heavy atom. The van der Waals surface area contributed by atoms with E-state index in [4.69, 9.17) is 4.74 Å². The molecule has 2 amide bonds. The molecule has 6 atom stereocenters. The zero-order valence-corrected chi connectivity index (χ0v) is 22.6. The highest BCUT2D eigenvalue weighted by atomic mass is 32.2. The molecule has 200 valence electrons. The highest BCUT2D eigenvalue weighted by Gasteiger charge is 2.75. The summed E-state index contributed by atoms with van der Waals surface area (Å²) in [5, 5.41) is 17.7. The first-order valence-corrected chi connectivity index (χ1v) is 14.7. The zero-order chi connectivity index (χ0) is 26.9. The number of amides is 2. The number of Topliss-reactive ketones (excluding diaryl/α,β-unsaturated/α-hetero) is 1. The summed E-state index contributed by atoms with van der Waals surface area (Å²) in [5.41, 5.74) is -2.45. The van der Waals surface area contributed by atoms with Crippen molar-refractivity contribution in [2.24, 2.45) is 5.92 Å². The van der Waals surface area contributed by atoms with E-state index < -0.39 is 33.6 Å². The predicted molar refractivity (Wildman–Crippen MR) is 146 cm³/mol. The summed E-state index contributed by atoms with van der Waals surface area (Å²) < 4.78 is 4.77. The summed E-state index contributed by atoms with van der Waals surface area (Å²) in [5.74, 6) is -0.976. The van der Waals surface area contributed by atoms with Crippen molar-refractivity contribution in [2.45, 2.75) is 46.9 Å². The number of carbonyl (C=O) groups excluding carboxylic acids is 4. The second kappa shape index (κ2) is 10.7. The Balaban J connectivity index is 1.49. The number of ether oxygens (including phenoxy) is 1. The molecule has 2 saturated heterocycles. The summed E-state index contributed by atoms with van der Waals surface area (Å²) in [6.07, 6.45) is 1.28. The predicted octanol–water partition coefficient (Wildman–Crippen LogP) is 2.46. The van der Waals surface area contributed by atoms with Gasteiger partial charge in [0.25, 0.3) is 11.8 Å². The number of fused-ring (bicyclic) bond motifs is 4. The number of ketones is 1. The van der Waals surface area contributed by atoms with Gasteiger partial charge in [0.05, 0.1) is 18.4 Å². The molecule has 1 saturated carbocycles. The van der Waals surface area contributed by atoms with Crippen LogP contribution in [0, 0.1) is 5.92 Å². The van der Waals surface area contributed by atoms with Crippen LogP contribution in [0.4, 0.5) is 0 Å². The molecule has 2 aromatic carbocycles. The summed E-state index contributed by atoms with van der Waals surface area (Å²) in [6, 6.07) is 16.5. The van der Waals surface area contributed by atoms with Gasteiger partial charge in [0.2, 0.25) is 0 Å². The third kappa shape index (κ3) is 4.42. The zero-order valence-electron chi connectivity index (χ0n) is 20.9. The Bertz CT molecular complexity index is 1230. The van der Waals surface area contributed by atoms with E-state index in [9.17, 15) is 24.3 Å². The lowest BCUT2D eigenvalue weighted by molar-refractivity contribution is -0.145. The van der Waals surface area contributed by atoms with Crippen molar-refractivity contribution in [3.05, 3.63) is 71.8 Å². The third-order valence-corrected chi connectivity index (χ3v) is 11.0. The van der Waals surface area contributed by atoms with Gasteiger partial charge in [-0.3, -0.25) is 19.2 Å². The summed E-state index contributed by atoms with van der Waals surface area (Å²) in [4.78, 5) is 52.3. The molecule has 3 N–H and O–H groups in total. The molecule has 0 spiro atoms. The lowest BCUT2D eigenvalue weighted by Crippen LogP contribution is -2.80. The number of methoxy groups -OCH3 is 1. The Labute approximate surface area is 229 Å². The van der Waals surface area contributed by atoms with Crippen molar-refractivity contribution in [1.29, 1.82) is 0 Å². The maximum atomic E-state index is 14.1. The molecule has 0 unspecified atom stereocenters. The van der Waals surface area contributed by atoms with E-state index in [1.165, 1.54) is 30.6 Å². The van der Waals surface area contributed by atoms with E-state index in [0.717, 1.165) is 0 Å². The molecule has 2 aromatic rings. The van der Waals surface area contributed by atoms with Crippen LogP contribution in [0.5, 0.6) is 0 Å². The minimum absolute atomic E-state index is 0.202. The highest BCUT2D eigenvalue weighted by Crippen LogP contribution is 2.59. The van der Waals surface area contributed by atoms with Crippen molar-refractivity contribution in [1.82, 2.24) is 10.6 Å². The van der Waals surface area contributed by atoms with Gasteiger partial charge >= 0.3 is 5.97 Å². The van der Waals surface area contributed by atoms with Crippen LogP contribution < -0.4 is 10.6 Å². The van der Waals surface area contributed by atoms with E-state index in [2.05, 4.69) is 10.6 Å². The van der Waals surface area contributed by atoms with Gasteiger partial charge in [-0.1, -0.05) is 36.4 Å². The van der Waals surface area contributed by atoms with Crippen LogP contribution in [0.15, 0.2) is 60.7 Å². The van der Waals surface area contributed by atoms with Crippen LogP contribution in [0.1, 0.15) is 40.0 Å². The van der Waals surface area contributed by atoms with Crippen molar-refractivity contribution >= 4 is 47.1 Å². The second-order valence-corrected chi connectivity index (χ2v) is 12.2. The highest BCUT2D eigenvalue weighted by molar-refractivity contribution is 8.02. The molecular formula is C28H30N2O6S2. The monoisotopic (exact) mass is 554 g/mol. The third-order valence-electron chi connectivity index (χ3n) is 7.88. The van der Waals surface area contributed by atoms with Gasteiger partial charge in [0, 0.05) is 34.3 Å². The van der Waals surface area contributed by atoms with Gasteiger partial charge in [-0.15, -0.1) is 11.8 Å². The Kier molecular flexibility index (Phi) is 7.57.